The zero-order valence-electron chi connectivity index (χ0n) is 16.6. The largest absolute Gasteiger partial charge is 0.374 e. The predicted molar refractivity (Wildman–Crippen MR) is 113 cm³/mol. The zero-order valence-corrected chi connectivity index (χ0v) is 17.4. The molecule has 0 bridgehead atoms. The van der Waals surface area contributed by atoms with Gasteiger partial charge in [0, 0.05) is 30.4 Å². The van der Waals surface area contributed by atoms with Gasteiger partial charge in [0.2, 0.25) is 5.91 Å². The first-order valence-electron chi connectivity index (χ1n) is 9.22. The van der Waals surface area contributed by atoms with E-state index in [-0.39, 0.29) is 11.8 Å². The Kier molecular flexibility index (Phi) is 5.29. The van der Waals surface area contributed by atoms with E-state index >= 15 is 0 Å². The predicted octanol–water partition coefficient (Wildman–Crippen LogP) is 4.68. The molecule has 0 saturated heterocycles. The van der Waals surface area contributed by atoms with Crippen LogP contribution in [-0.2, 0) is 11.2 Å². The van der Waals surface area contributed by atoms with Crippen molar-refractivity contribution in [2.24, 2.45) is 5.41 Å². The molecule has 27 heavy (non-hydrogen) atoms. The number of carbonyl (C=O) groups is 2. The second-order valence-corrected chi connectivity index (χ2v) is 9.20. The Morgan fingerprint density at radius 3 is 2.59 bits per heavy atom. The molecule has 1 aliphatic rings. The van der Waals surface area contributed by atoms with Crippen LogP contribution in [0.1, 0.15) is 48.0 Å². The van der Waals surface area contributed by atoms with Crippen LogP contribution in [0.5, 0.6) is 0 Å². The standard InChI is InChI=1S/C21H27N3O2S/c1-13-11-17(23-20(26)21(2,3)4)27-18(13)19(25)22-15-8-9-16-14(12-15)7-6-10-24(16)5/h8-9,11-12H,6-7,10H2,1-5H3,(H,22,25)(H,23,26). The quantitative estimate of drug-likeness (QED) is 0.807. The molecular weight excluding hydrogens is 358 g/mol. The van der Waals surface area contributed by atoms with Gasteiger partial charge in [-0.1, -0.05) is 20.8 Å². The molecule has 6 heteroatoms. The van der Waals surface area contributed by atoms with Gasteiger partial charge in [-0.05, 0) is 55.2 Å². The first-order valence-corrected chi connectivity index (χ1v) is 10.0. The zero-order chi connectivity index (χ0) is 19.8. The number of aryl methyl sites for hydroxylation is 2. The van der Waals surface area contributed by atoms with Gasteiger partial charge < -0.3 is 15.5 Å². The molecule has 0 aliphatic carbocycles. The van der Waals surface area contributed by atoms with Gasteiger partial charge in [0.15, 0.2) is 0 Å². The number of nitrogens with zero attached hydrogens (tertiary/aromatic N) is 1. The molecule has 3 rings (SSSR count). The minimum Gasteiger partial charge on any atom is -0.374 e. The molecule has 1 aliphatic heterocycles. The summed E-state index contributed by atoms with van der Waals surface area (Å²) in [5.41, 5.74) is 3.69. The molecule has 0 radical (unpaired) electrons. The second-order valence-electron chi connectivity index (χ2n) is 8.15. The smallest absolute Gasteiger partial charge is 0.266 e. The third kappa shape index (κ3) is 4.33. The number of anilines is 3. The summed E-state index contributed by atoms with van der Waals surface area (Å²) in [6.07, 6.45) is 2.16. The molecule has 0 atom stereocenters. The van der Waals surface area contributed by atoms with E-state index < -0.39 is 5.41 Å². The lowest BCUT2D eigenvalue weighted by molar-refractivity contribution is -0.123. The van der Waals surface area contributed by atoms with Crippen molar-refractivity contribution in [1.82, 2.24) is 0 Å². The minimum absolute atomic E-state index is 0.0606. The normalized spacial score (nSPS) is 13.9. The van der Waals surface area contributed by atoms with Crippen molar-refractivity contribution in [1.29, 1.82) is 0 Å². The summed E-state index contributed by atoms with van der Waals surface area (Å²) in [4.78, 5) is 27.8. The van der Waals surface area contributed by atoms with Gasteiger partial charge in [0.1, 0.15) is 0 Å². The van der Waals surface area contributed by atoms with Gasteiger partial charge in [-0.25, -0.2) is 0 Å². The molecule has 1 aromatic carbocycles. The lowest BCUT2D eigenvalue weighted by Crippen LogP contribution is -2.27. The molecule has 144 valence electrons. The number of thiophene rings is 1. The summed E-state index contributed by atoms with van der Waals surface area (Å²) in [7, 11) is 2.10. The van der Waals surface area contributed by atoms with E-state index in [2.05, 4.69) is 34.7 Å². The molecule has 2 heterocycles. The number of rotatable bonds is 3. The van der Waals surface area contributed by atoms with Crippen molar-refractivity contribution in [3.63, 3.8) is 0 Å². The van der Waals surface area contributed by atoms with Crippen LogP contribution in [0.2, 0.25) is 0 Å². The Balaban J connectivity index is 1.74. The number of hydrogen-bond acceptors (Lipinski definition) is 4. The lowest BCUT2D eigenvalue weighted by atomic mass is 9.96. The maximum atomic E-state index is 12.7. The van der Waals surface area contributed by atoms with Crippen molar-refractivity contribution in [2.45, 2.75) is 40.5 Å². The van der Waals surface area contributed by atoms with Crippen LogP contribution < -0.4 is 15.5 Å². The number of carbonyl (C=O) groups excluding carboxylic acids is 2. The van der Waals surface area contributed by atoms with Gasteiger partial charge in [-0.2, -0.15) is 0 Å². The number of benzene rings is 1. The van der Waals surface area contributed by atoms with E-state index in [0.717, 1.165) is 30.6 Å². The summed E-state index contributed by atoms with van der Waals surface area (Å²) >= 11 is 1.31. The topological polar surface area (TPSA) is 61.4 Å². The SMILES string of the molecule is Cc1cc(NC(=O)C(C)(C)C)sc1C(=O)Nc1ccc2c(c1)CCCN2C. The van der Waals surface area contributed by atoms with E-state index in [1.807, 2.05) is 39.8 Å². The number of hydrogen-bond donors (Lipinski definition) is 2. The van der Waals surface area contributed by atoms with Crippen molar-refractivity contribution in [2.75, 3.05) is 29.1 Å². The van der Waals surface area contributed by atoms with E-state index in [1.54, 1.807) is 0 Å². The molecular formula is C21H27N3O2S. The van der Waals surface area contributed by atoms with Crippen molar-refractivity contribution in [3.8, 4) is 0 Å². The van der Waals surface area contributed by atoms with Crippen LogP contribution in [0.25, 0.3) is 0 Å². The fourth-order valence-electron chi connectivity index (χ4n) is 3.12. The Labute approximate surface area is 164 Å². The van der Waals surface area contributed by atoms with Crippen LogP contribution in [-0.4, -0.2) is 25.4 Å². The van der Waals surface area contributed by atoms with Crippen molar-refractivity contribution < 1.29 is 9.59 Å². The summed E-state index contributed by atoms with van der Waals surface area (Å²) in [5.74, 6) is -0.201. The molecule has 1 aromatic heterocycles. The van der Waals surface area contributed by atoms with Gasteiger partial charge in [0.05, 0.1) is 9.88 Å². The summed E-state index contributed by atoms with van der Waals surface area (Å²) in [6.45, 7) is 8.55. The van der Waals surface area contributed by atoms with Crippen molar-refractivity contribution >= 4 is 39.5 Å². The molecule has 5 nitrogen and oxygen atoms in total. The van der Waals surface area contributed by atoms with Gasteiger partial charge in [0.25, 0.3) is 5.91 Å². The van der Waals surface area contributed by atoms with Crippen LogP contribution >= 0.6 is 11.3 Å². The summed E-state index contributed by atoms with van der Waals surface area (Å²) in [6, 6.07) is 7.93. The molecule has 2 aromatic rings. The van der Waals surface area contributed by atoms with Crippen LogP contribution in [0, 0.1) is 12.3 Å². The van der Waals surface area contributed by atoms with Crippen molar-refractivity contribution in [3.05, 3.63) is 40.3 Å². The fourth-order valence-corrected chi connectivity index (χ4v) is 4.08. The highest BCUT2D eigenvalue weighted by atomic mass is 32.1. The minimum atomic E-state index is -0.476. The number of fused-ring (bicyclic) bond motifs is 1. The maximum absolute atomic E-state index is 12.7. The second kappa shape index (κ2) is 7.35. The fraction of sp³-hybridized carbons (Fsp3) is 0.429. The molecule has 0 unspecified atom stereocenters. The number of amides is 2. The van der Waals surface area contributed by atoms with E-state index in [0.29, 0.717) is 9.88 Å². The average molecular weight is 386 g/mol. The van der Waals surface area contributed by atoms with Crippen LogP contribution in [0.4, 0.5) is 16.4 Å². The average Bonchev–Trinajstić information content (AvgIpc) is 2.94. The highest BCUT2D eigenvalue weighted by Crippen LogP contribution is 2.31. The third-order valence-electron chi connectivity index (χ3n) is 4.73. The van der Waals surface area contributed by atoms with E-state index in [4.69, 9.17) is 0 Å². The number of nitrogens with one attached hydrogen (secondary N) is 2. The Morgan fingerprint density at radius 1 is 1.15 bits per heavy atom. The molecule has 2 amide bonds. The Bertz CT molecular complexity index is 880. The highest BCUT2D eigenvalue weighted by Gasteiger charge is 2.23. The van der Waals surface area contributed by atoms with E-state index in [1.165, 1.54) is 22.6 Å². The van der Waals surface area contributed by atoms with Crippen LogP contribution in [0.3, 0.4) is 0 Å². The third-order valence-corrected chi connectivity index (χ3v) is 5.88. The first kappa shape index (κ1) is 19.4. The van der Waals surface area contributed by atoms with E-state index in [9.17, 15) is 9.59 Å². The first-order chi connectivity index (χ1) is 12.6. The van der Waals surface area contributed by atoms with Gasteiger partial charge >= 0.3 is 0 Å². The van der Waals surface area contributed by atoms with Crippen LogP contribution in [0.15, 0.2) is 24.3 Å². The molecule has 2 N–H and O–H groups in total. The molecule has 0 fully saturated rings. The van der Waals surface area contributed by atoms with Gasteiger partial charge in [-0.15, -0.1) is 11.3 Å². The Hall–Kier alpha value is -2.34. The summed E-state index contributed by atoms with van der Waals surface area (Å²) in [5, 5.41) is 6.60. The van der Waals surface area contributed by atoms with Gasteiger partial charge in [-0.3, -0.25) is 9.59 Å². The molecule has 0 spiro atoms. The maximum Gasteiger partial charge on any atom is 0.266 e. The monoisotopic (exact) mass is 385 g/mol. The summed E-state index contributed by atoms with van der Waals surface area (Å²) < 4.78 is 0. The highest BCUT2D eigenvalue weighted by molar-refractivity contribution is 7.18. The lowest BCUT2D eigenvalue weighted by Gasteiger charge is -2.27. The molecule has 0 saturated carbocycles. The Morgan fingerprint density at radius 2 is 1.89 bits per heavy atom.